The van der Waals surface area contributed by atoms with E-state index in [1.54, 1.807) is 6.20 Å². The summed E-state index contributed by atoms with van der Waals surface area (Å²) in [5, 5.41) is 4.23. The van der Waals surface area contributed by atoms with E-state index in [0.29, 0.717) is 0 Å². The summed E-state index contributed by atoms with van der Waals surface area (Å²) in [6.07, 6.45) is 3.89. The van der Waals surface area contributed by atoms with Crippen LogP contribution in [0.2, 0.25) is 0 Å². The Morgan fingerprint density at radius 3 is 3.13 bits per heavy atom. The summed E-state index contributed by atoms with van der Waals surface area (Å²) in [6, 6.07) is 3.85. The number of aromatic nitrogens is 1. The third kappa shape index (κ3) is 2.63. The highest BCUT2D eigenvalue weighted by Crippen LogP contribution is 2.15. The number of aryl methyl sites for hydroxylation is 1. The highest BCUT2D eigenvalue weighted by Gasteiger charge is 2.21. The Morgan fingerprint density at radius 2 is 2.47 bits per heavy atom. The monoisotopic (exact) mass is 224 g/mol. The van der Waals surface area contributed by atoms with Crippen LogP contribution in [0.4, 0.5) is 0 Å². The number of nitrogens with zero attached hydrogens (tertiary/aromatic N) is 1. The molecule has 0 radical (unpaired) electrons. The molecule has 82 valence electrons. The summed E-state index contributed by atoms with van der Waals surface area (Å²) in [7, 11) is -0.954. The van der Waals surface area contributed by atoms with Gasteiger partial charge in [0.1, 0.15) is 5.03 Å². The molecule has 1 aromatic rings. The molecular formula is C11H16N2OS. The Kier molecular flexibility index (Phi) is 3.49. The van der Waals surface area contributed by atoms with Crippen LogP contribution < -0.4 is 5.32 Å². The molecule has 1 aromatic heterocycles. The summed E-state index contributed by atoms with van der Waals surface area (Å²) in [6.45, 7) is 3.90. The van der Waals surface area contributed by atoms with Crippen LogP contribution in [0.3, 0.4) is 0 Å². The molecule has 0 bridgehead atoms. The van der Waals surface area contributed by atoms with Crippen LogP contribution in [-0.2, 0) is 10.8 Å². The molecule has 0 saturated carbocycles. The van der Waals surface area contributed by atoms with Gasteiger partial charge in [-0.25, -0.2) is 4.98 Å². The molecule has 1 N–H and O–H groups in total. The number of piperidine rings is 1. The van der Waals surface area contributed by atoms with Crippen LogP contribution in [0.15, 0.2) is 23.4 Å². The minimum absolute atomic E-state index is 0.230. The first kappa shape index (κ1) is 10.8. The highest BCUT2D eigenvalue weighted by atomic mass is 32.2. The maximum Gasteiger partial charge on any atom is 0.127 e. The normalized spacial score (nSPS) is 23.7. The zero-order valence-corrected chi connectivity index (χ0v) is 9.72. The third-order valence-electron chi connectivity index (χ3n) is 2.65. The van der Waals surface area contributed by atoms with E-state index in [-0.39, 0.29) is 5.25 Å². The smallest absolute Gasteiger partial charge is 0.127 e. The molecular weight excluding hydrogens is 208 g/mol. The van der Waals surface area contributed by atoms with E-state index < -0.39 is 10.8 Å². The van der Waals surface area contributed by atoms with E-state index in [1.165, 1.54) is 0 Å². The third-order valence-corrected chi connectivity index (χ3v) is 4.29. The van der Waals surface area contributed by atoms with Crippen molar-refractivity contribution in [2.24, 2.45) is 0 Å². The number of pyridine rings is 1. The average Bonchev–Trinajstić information content (AvgIpc) is 2.29. The van der Waals surface area contributed by atoms with Crippen LogP contribution in [0, 0.1) is 6.92 Å². The Balaban J connectivity index is 2.12. The summed E-state index contributed by atoms with van der Waals surface area (Å²) < 4.78 is 12.2. The minimum Gasteiger partial charge on any atom is -0.316 e. The van der Waals surface area contributed by atoms with Gasteiger partial charge in [-0.05, 0) is 44.0 Å². The molecule has 0 aliphatic carbocycles. The largest absolute Gasteiger partial charge is 0.316 e. The van der Waals surface area contributed by atoms with Gasteiger partial charge in [-0.2, -0.15) is 0 Å². The van der Waals surface area contributed by atoms with Crippen molar-refractivity contribution in [1.29, 1.82) is 0 Å². The molecule has 2 heterocycles. The van der Waals surface area contributed by atoms with Gasteiger partial charge in [-0.15, -0.1) is 0 Å². The molecule has 0 spiro atoms. The second-order valence-corrected chi connectivity index (χ2v) is 5.62. The number of hydrogen-bond acceptors (Lipinski definition) is 3. The zero-order chi connectivity index (χ0) is 10.7. The second-order valence-electron chi connectivity index (χ2n) is 3.94. The van der Waals surface area contributed by atoms with Crippen molar-refractivity contribution in [3.8, 4) is 0 Å². The van der Waals surface area contributed by atoms with Gasteiger partial charge in [0.15, 0.2) is 0 Å². The molecule has 0 unspecified atom stereocenters. The molecule has 15 heavy (non-hydrogen) atoms. The first-order valence-corrected chi connectivity index (χ1v) is 6.52. The second kappa shape index (κ2) is 4.86. The number of nitrogens with one attached hydrogen (secondary N) is 1. The van der Waals surface area contributed by atoms with Crippen LogP contribution >= 0.6 is 0 Å². The predicted octanol–water partition coefficient (Wildman–Crippen LogP) is 1.25. The van der Waals surface area contributed by atoms with Gasteiger partial charge in [-0.3, -0.25) is 4.21 Å². The lowest BCUT2D eigenvalue weighted by atomic mass is 10.2. The van der Waals surface area contributed by atoms with Crippen LogP contribution in [0.1, 0.15) is 18.4 Å². The van der Waals surface area contributed by atoms with Gasteiger partial charge >= 0.3 is 0 Å². The molecule has 0 amide bonds. The van der Waals surface area contributed by atoms with E-state index in [9.17, 15) is 4.21 Å². The maximum atomic E-state index is 12.2. The summed E-state index contributed by atoms with van der Waals surface area (Å²) in [5.74, 6) is 0. The van der Waals surface area contributed by atoms with Gasteiger partial charge in [0, 0.05) is 12.7 Å². The van der Waals surface area contributed by atoms with E-state index in [0.717, 1.165) is 36.5 Å². The van der Waals surface area contributed by atoms with Crippen LogP contribution in [0.5, 0.6) is 0 Å². The van der Waals surface area contributed by atoms with Gasteiger partial charge < -0.3 is 5.32 Å². The molecule has 1 fully saturated rings. The molecule has 0 aromatic carbocycles. The number of rotatable bonds is 2. The van der Waals surface area contributed by atoms with Crippen molar-refractivity contribution < 1.29 is 4.21 Å². The Morgan fingerprint density at radius 1 is 1.60 bits per heavy atom. The molecule has 3 nitrogen and oxygen atoms in total. The summed E-state index contributed by atoms with van der Waals surface area (Å²) in [4.78, 5) is 4.19. The highest BCUT2D eigenvalue weighted by molar-refractivity contribution is 7.85. The number of hydrogen-bond donors (Lipinski definition) is 1. The Hall–Kier alpha value is -0.740. The lowest BCUT2D eigenvalue weighted by Gasteiger charge is -2.21. The SMILES string of the molecule is Cc1ccnc([S@@](=O)[C@H]2CCCNC2)c1. The molecule has 2 rings (SSSR count). The lowest BCUT2D eigenvalue weighted by Crippen LogP contribution is -2.36. The topological polar surface area (TPSA) is 42.0 Å². The lowest BCUT2D eigenvalue weighted by molar-refractivity contribution is 0.519. The van der Waals surface area contributed by atoms with E-state index in [2.05, 4.69) is 10.3 Å². The first-order chi connectivity index (χ1) is 7.27. The predicted molar refractivity (Wildman–Crippen MR) is 61.3 cm³/mol. The van der Waals surface area contributed by atoms with Crippen molar-refractivity contribution in [2.45, 2.75) is 30.0 Å². The van der Waals surface area contributed by atoms with E-state index in [4.69, 9.17) is 0 Å². The first-order valence-electron chi connectivity index (χ1n) is 5.31. The molecule has 1 saturated heterocycles. The minimum atomic E-state index is -0.954. The van der Waals surface area contributed by atoms with Crippen LogP contribution in [-0.4, -0.2) is 27.5 Å². The molecule has 4 heteroatoms. The zero-order valence-electron chi connectivity index (χ0n) is 8.90. The van der Waals surface area contributed by atoms with Crippen molar-refractivity contribution in [3.05, 3.63) is 23.9 Å². The maximum absolute atomic E-state index is 12.2. The van der Waals surface area contributed by atoms with Gasteiger partial charge in [0.25, 0.3) is 0 Å². The van der Waals surface area contributed by atoms with Crippen molar-refractivity contribution in [2.75, 3.05) is 13.1 Å². The molecule has 2 atom stereocenters. The average molecular weight is 224 g/mol. The van der Waals surface area contributed by atoms with Crippen molar-refractivity contribution in [1.82, 2.24) is 10.3 Å². The van der Waals surface area contributed by atoms with Crippen molar-refractivity contribution >= 4 is 10.8 Å². The van der Waals surface area contributed by atoms with E-state index >= 15 is 0 Å². The Labute approximate surface area is 92.8 Å². The van der Waals surface area contributed by atoms with Gasteiger partial charge in [0.05, 0.1) is 16.0 Å². The summed E-state index contributed by atoms with van der Waals surface area (Å²) >= 11 is 0. The molecule has 1 aliphatic heterocycles. The fraction of sp³-hybridized carbons (Fsp3) is 0.545. The Bertz CT molecular complexity index is 361. The van der Waals surface area contributed by atoms with Gasteiger partial charge in [0.2, 0.25) is 0 Å². The van der Waals surface area contributed by atoms with Crippen LogP contribution in [0.25, 0.3) is 0 Å². The fourth-order valence-corrected chi connectivity index (χ4v) is 3.25. The standard InChI is InChI=1S/C11H16N2OS/c1-9-4-6-13-11(7-9)15(14)10-3-2-5-12-8-10/h4,6-7,10,12H,2-3,5,8H2,1H3/t10-,15-/m0/s1. The molecule has 1 aliphatic rings. The van der Waals surface area contributed by atoms with E-state index in [1.807, 2.05) is 19.1 Å². The van der Waals surface area contributed by atoms with Crippen molar-refractivity contribution in [3.63, 3.8) is 0 Å². The summed E-state index contributed by atoms with van der Waals surface area (Å²) in [5.41, 5.74) is 1.12. The quantitative estimate of drug-likeness (QED) is 0.822. The van der Waals surface area contributed by atoms with Gasteiger partial charge in [-0.1, -0.05) is 0 Å². The fourth-order valence-electron chi connectivity index (χ4n) is 1.79.